The molecule has 0 N–H and O–H groups in total. The molecule has 0 aliphatic carbocycles. The molecule has 0 bridgehead atoms. The first-order chi connectivity index (χ1) is 7.21. The normalized spacial score (nSPS) is 16.2. The third-order valence-corrected chi connectivity index (χ3v) is 6.02. The highest BCUT2D eigenvalue weighted by Gasteiger charge is 2.24. The van der Waals surface area contributed by atoms with Gasteiger partial charge in [0.1, 0.15) is 0 Å². The van der Waals surface area contributed by atoms with E-state index in [4.69, 9.17) is 11.6 Å². The van der Waals surface area contributed by atoms with Crippen molar-refractivity contribution in [2.45, 2.75) is 46.4 Å². The molecule has 2 atom stereocenters. The van der Waals surface area contributed by atoms with Crippen molar-refractivity contribution in [1.29, 1.82) is 0 Å². The molecule has 0 spiro atoms. The van der Waals surface area contributed by atoms with Gasteiger partial charge in [-0.05, 0) is 52.2 Å². The van der Waals surface area contributed by atoms with E-state index in [9.17, 15) is 0 Å². The quantitative estimate of drug-likeness (QED) is 0.583. The van der Waals surface area contributed by atoms with Crippen LogP contribution in [0.4, 0.5) is 0 Å². The first kappa shape index (κ1) is 14.5. The fraction of sp³-hybridized carbons (Fsp3) is 0.692. The van der Waals surface area contributed by atoms with Crippen molar-refractivity contribution in [3.05, 3.63) is 20.3 Å². The SMILES string of the molecule is Cc1cc(C(Cl)CC(C)C(C)(C)C)sc1Br. The van der Waals surface area contributed by atoms with Gasteiger partial charge in [0, 0.05) is 4.88 Å². The Labute approximate surface area is 117 Å². The van der Waals surface area contributed by atoms with Crippen LogP contribution in [0, 0.1) is 18.3 Å². The number of alkyl halides is 1. The van der Waals surface area contributed by atoms with Crippen molar-refractivity contribution >= 4 is 38.9 Å². The Morgan fingerprint density at radius 2 is 2.00 bits per heavy atom. The van der Waals surface area contributed by atoms with Crippen LogP contribution in [-0.2, 0) is 0 Å². The summed E-state index contributed by atoms with van der Waals surface area (Å²) in [4.78, 5) is 1.28. The molecule has 0 radical (unpaired) electrons. The van der Waals surface area contributed by atoms with Gasteiger partial charge in [0.15, 0.2) is 0 Å². The average Bonchev–Trinajstić information content (AvgIpc) is 2.45. The van der Waals surface area contributed by atoms with Crippen molar-refractivity contribution in [1.82, 2.24) is 0 Å². The third-order valence-electron chi connectivity index (χ3n) is 3.22. The molecule has 0 amide bonds. The Morgan fingerprint density at radius 1 is 1.44 bits per heavy atom. The molecule has 2 unspecified atom stereocenters. The highest BCUT2D eigenvalue weighted by Crippen LogP contribution is 2.40. The molecule has 92 valence electrons. The molecule has 0 saturated heterocycles. The Bertz CT molecular complexity index is 332. The van der Waals surface area contributed by atoms with E-state index in [1.54, 1.807) is 11.3 Å². The van der Waals surface area contributed by atoms with Gasteiger partial charge in [-0.1, -0.05) is 27.7 Å². The van der Waals surface area contributed by atoms with Crippen LogP contribution < -0.4 is 0 Å². The molecule has 16 heavy (non-hydrogen) atoms. The van der Waals surface area contributed by atoms with Gasteiger partial charge < -0.3 is 0 Å². The molecule has 0 saturated carbocycles. The maximum absolute atomic E-state index is 6.48. The van der Waals surface area contributed by atoms with E-state index in [2.05, 4.69) is 56.6 Å². The van der Waals surface area contributed by atoms with Gasteiger partial charge in [-0.3, -0.25) is 0 Å². The average molecular weight is 324 g/mol. The smallest absolute Gasteiger partial charge is 0.0731 e. The second-order valence-electron chi connectivity index (χ2n) is 5.58. The Kier molecular flexibility index (Phi) is 4.91. The van der Waals surface area contributed by atoms with Crippen LogP contribution in [0.25, 0.3) is 0 Å². The lowest BCUT2D eigenvalue weighted by molar-refractivity contribution is 0.245. The summed E-state index contributed by atoms with van der Waals surface area (Å²) >= 11 is 11.8. The zero-order valence-electron chi connectivity index (χ0n) is 10.6. The summed E-state index contributed by atoms with van der Waals surface area (Å²) in [6, 6.07) is 2.20. The predicted octanol–water partition coefficient (Wildman–Crippen LogP) is 6.17. The lowest BCUT2D eigenvalue weighted by Gasteiger charge is -2.28. The molecule has 1 rings (SSSR count). The number of halogens is 2. The number of hydrogen-bond donors (Lipinski definition) is 0. The summed E-state index contributed by atoms with van der Waals surface area (Å²) in [7, 11) is 0. The fourth-order valence-corrected chi connectivity index (χ4v) is 3.44. The minimum atomic E-state index is 0.143. The van der Waals surface area contributed by atoms with Gasteiger partial charge >= 0.3 is 0 Å². The fourth-order valence-electron chi connectivity index (χ4n) is 1.42. The topological polar surface area (TPSA) is 0 Å². The molecule has 0 aromatic carbocycles. The lowest BCUT2D eigenvalue weighted by atomic mass is 9.79. The van der Waals surface area contributed by atoms with Gasteiger partial charge in [0.05, 0.1) is 9.16 Å². The molecule has 0 aliphatic heterocycles. The van der Waals surface area contributed by atoms with E-state index in [0.29, 0.717) is 11.3 Å². The van der Waals surface area contributed by atoms with Crippen molar-refractivity contribution in [3.63, 3.8) is 0 Å². The molecule has 1 aromatic rings. The number of hydrogen-bond acceptors (Lipinski definition) is 1. The Hall–Kier alpha value is 0.470. The van der Waals surface area contributed by atoms with Crippen LogP contribution in [0.2, 0.25) is 0 Å². The van der Waals surface area contributed by atoms with Crippen molar-refractivity contribution in [3.8, 4) is 0 Å². The van der Waals surface area contributed by atoms with Crippen LogP contribution in [0.3, 0.4) is 0 Å². The Morgan fingerprint density at radius 3 is 2.38 bits per heavy atom. The molecule has 0 fully saturated rings. The minimum Gasteiger partial charge on any atom is -0.131 e. The van der Waals surface area contributed by atoms with Gasteiger partial charge in [-0.2, -0.15) is 0 Å². The number of thiophene rings is 1. The highest BCUT2D eigenvalue weighted by atomic mass is 79.9. The highest BCUT2D eigenvalue weighted by molar-refractivity contribution is 9.11. The largest absolute Gasteiger partial charge is 0.131 e. The number of rotatable bonds is 3. The second-order valence-corrected chi connectivity index (χ2v) is 8.50. The zero-order chi connectivity index (χ0) is 12.5. The van der Waals surface area contributed by atoms with Crippen LogP contribution in [0.1, 0.15) is 49.9 Å². The first-order valence-corrected chi connectivity index (χ1v) is 7.66. The third kappa shape index (κ3) is 3.75. The molecule has 0 aliphatic rings. The van der Waals surface area contributed by atoms with Gasteiger partial charge in [0.2, 0.25) is 0 Å². The van der Waals surface area contributed by atoms with Crippen molar-refractivity contribution < 1.29 is 0 Å². The van der Waals surface area contributed by atoms with Crippen LogP contribution in [-0.4, -0.2) is 0 Å². The van der Waals surface area contributed by atoms with Crippen molar-refractivity contribution in [2.24, 2.45) is 11.3 Å². The molecular weight excluding hydrogens is 304 g/mol. The van der Waals surface area contributed by atoms with E-state index >= 15 is 0 Å². The van der Waals surface area contributed by atoms with Gasteiger partial charge in [-0.25, -0.2) is 0 Å². The van der Waals surface area contributed by atoms with E-state index in [1.807, 2.05) is 0 Å². The molecule has 0 nitrogen and oxygen atoms in total. The zero-order valence-corrected chi connectivity index (χ0v) is 13.8. The summed E-state index contributed by atoms with van der Waals surface area (Å²) in [5, 5.41) is 0.143. The predicted molar refractivity (Wildman–Crippen MR) is 78.6 cm³/mol. The summed E-state index contributed by atoms with van der Waals surface area (Å²) in [6.07, 6.45) is 1.04. The molecule has 3 heteroatoms. The van der Waals surface area contributed by atoms with Crippen LogP contribution in [0.15, 0.2) is 9.85 Å². The van der Waals surface area contributed by atoms with Gasteiger partial charge in [-0.15, -0.1) is 22.9 Å². The molecule has 1 heterocycles. The van der Waals surface area contributed by atoms with E-state index in [-0.39, 0.29) is 5.38 Å². The van der Waals surface area contributed by atoms with E-state index in [0.717, 1.165) is 6.42 Å². The standard InChI is InChI=1S/C13H20BrClS/c1-8-6-11(16-12(8)14)10(15)7-9(2)13(3,4)5/h6,9-10H,7H2,1-5H3. The van der Waals surface area contributed by atoms with E-state index in [1.165, 1.54) is 14.2 Å². The minimum absolute atomic E-state index is 0.143. The van der Waals surface area contributed by atoms with Crippen molar-refractivity contribution in [2.75, 3.05) is 0 Å². The number of aryl methyl sites for hydroxylation is 1. The summed E-state index contributed by atoms with van der Waals surface area (Å²) < 4.78 is 1.21. The maximum atomic E-state index is 6.48. The molecular formula is C13H20BrClS. The van der Waals surface area contributed by atoms with Crippen LogP contribution in [0.5, 0.6) is 0 Å². The molecule has 1 aromatic heterocycles. The first-order valence-electron chi connectivity index (χ1n) is 5.61. The monoisotopic (exact) mass is 322 g/mol. The summed E-state index contributed by atoms with van der Waals surface area (Å²) in [5.74, 6) is 0.621. The van der Waals surface area contributed by atoms with E-state index < -0.39 is 0 Å². The lowest BCUT2D eigenvalue weighted by Crippen LogP contribution is -2.18. The summed E-state index contributed by atoms with van der Waals surface area (Å²) in [5.41, 5.74) is 1.62. The second kappa shape index (κ2) is 5.41. The Balaban J connectivity index is 2.69. The van der Waals surface area contributed by atoms with Crippen LogP contribution >= 0.6 is 38.9 Å². The van der Waals surface area contributed by atoms with Gasteiger partial charge in [0.25, 0.3) is 0 Å². The maximum Gasteiger partial charge on any atom is 0.0731 e. The summed E-state index contributed by atoms with van der Waals surface area (Å²) in [6.45, 7) is 11.2.